The van der Waals surface area contributed by atoms with Crippen molar-refractivity contribution in [2.75, 3.05) is 10.6 Å². The number of aromatic nitrogens is 1. The Kier molecular flexibility index (Phi) is 5.26. The number of hydrogen-bond acceptors (Lipinski definition) is 3. The molecule has 1 amide bonds. The second-order valence-corrected chi connectivity index (χ2v) is 5.81. The van der Waals surface area contributed by atoms with Gasteiger partial charge in [0.25, 0.3) is 5.91 Å². The monoisotopic (exact) mass is 355 g/mol. The Balaban J connectivity index is 1.58. The molecule has 0 saturated heterocycles. The molecule has 3 rings (SSSR count). The number of pyridine rings is 1. The largest absolute Gasteiger partial charge is 0.366 e. The summed E-state index contributed by atoms with van der Waals surface area (Å²) in [5.74, 6) is -0.158. The van der Waals surface area contributed by atoms with Crippen LogP contribution in [0.5, 0.6) is 0 Å². The van der Waals surface area contributed by atoms with E-state index >= 15 is 0 Å². The minimum Gasteiger partial charge on any atom is -0.366 e. The molecule has 4 nitrogen and oxygen atoms in total. The fourth-order valence-electron chi connectivity index (χ4n) is 2.20. The van der Waals surface area contributed by atoms with Crippen LogP contribution in [0.15, 0.2) is 66.9 Å². The first-order valence-corrected chi connectivity index (χ1v) is 7.99. The van der Waals surface area contributed by atoms with Gasteiger partial charge >= 0.3 is 0 Å². The van der Waals surface area contributed by atoms with Crippen LogP contribution >= 0.6 is 11.6 Å². The molecule has 3 aromatic rings. The van der Waals surface area contributed by atoms with Crippen LogP contribution in [0.25, 0.3) is 0 Å². The molecular weight excluding hydrogens is 341 g/mol. The molecule has 1 heterocycles. The lowest BCUT2D eigenvalue weighted by Gasteiger charge is -2.08. The van der Waals surface area contributed by atoms with E-state index in [9.17, 15) is 9.18 Å². The first-order chi connectivity index (χ1) is 12.1. The maximum absolute atomic E-state index is 13.2. The summed E-state index contributed by atoms with van der Waals surface area (Å²) in [7, 11) is 0. The van der Waals surface area contributed by atoms with Gasteiger partial charge in [0.1, 0.15) is 11.6 Å². The van der Waals surface area contributed by atoms with Gasteiger partial charge in [0, 0.05) is 17.1 Å². The van der Waals surface area contributed by atoms with E-state index in [2.05, 4.69) is 15.6 Å². The van der Waals surface area contributed by atoms with Gasteiger partial charge in [-0.05, 0) is 48.0 Å². The average molecular weight is 356 g/mol. The van der Waals surface area contributed by atoms with Crippen LogP contribution in [0.3, 0.4) is 0 Å². The lowest BCUT2D eigenvalue weighted by Crippen LogP contribution is -2.12. The highest BCUT2D eigenvalue weighted by molar-refractivity contribution is 6.30. The minimum atomic E-state index is -0.451. The first-order valence-electron chi connectivity index (χ1n) is 7.61. The van der Waals surface area contributed by atoms with E-state index < -0.39 is 5.82 Å². The van der Waals surface area contributed by atoms with Crippen LogP contribution in [-0.4, -0.2) is 10.9 Å². The van der Waals surface area contributed by atoms with Crippen LogP contribution in [0.1, 0.15) is 15.9 Å². The molecule has 0 aliphatic rings. The number of rotatable bonds is 5. The van der Waals surface area contributed by atoms with Gasteiger partial charge in [0.2, 0.25) is 0 Å². The van der Waals surface area contributed by atoms with E-state index in [-0.39, 0.29) is 11.5 Å². The van der Waals surface area contributed by atoms with E-state index in [0.717, 1.165) is 5.56 Å². The predicted molar refractivity (Wildman–Crippen MR) is 97.4 cm³/mol. The van der Waals surface area contributed by atoms with Crippen molar-refractivity contribution >= 4 is 29.0 Å². The van der Waals surface area contributed by atoms with E-state index in [1.54, 1.807) is 24.4 Å². The second kappa shape index (κ2) is 7.77. The number of carbonyl (C=O) groups excluding carboxylic acids is 1. The van der Waals surface area contributed by atoms with Crippen LogP contribution in [0, 0.1) is 5.82 Å². The Morgan fingerprint density at radius 3 is 2.56 bits per heavy atom. The second-order valence-electron chi connectivity index (χ2n) is 5.38. The zero-order chi connectivity index (χ0) is 17.6. The van der Waals surface area contributed by atoms with Crippen LogP contribution < -0.4 is 10.6 Å². The Bertz CT molecular complexity index is 867. The van der Waals surface area contributed by atoms with Gasteiger partial charge in [-0.3, -0.25) is 4.79 Å². The van der Waals surface area contributed by atoms with Crippen molar-refractivity contribution in [2.45, 2.75) is 6.54 Å². The maximum Gasteiger partial charge on any atom is 0.255 e. The van der Waals surface area contributed by atoms with Crippen molar-refractivity contribution in [1.29, 1.82) is 0 Å². The van der Waals surface area contributed by atoms with Gasteiger partial charge in [-0.25, -0.2) is 9.37 Å². The van der Waals surface area contributed by atoms with Gasteiger partial charge < -0.3 is 10.6 Å². The molecule has 0 fully saturated rings. The number of carbonyl (C=O) groups is 1. The summed E-state index contributed by atoms with van der Waals surface area (Å²) in [5, 5.41) is 6.56. The molecule has 0 saturated carbocycles. The summed E-state index contributed by atoms with van der Waals surface area (Å²) < 4.78 is 13.2. The number of amides is 1. The predicted octanol–water partition coefficient (Wildman–Crippen LogP) is 4.74. The molecule has 1 aromatic heterocycles. The van der Waals surface area contributed by atoms with Crippen LogP contribution in [0.2, 0.25) is 5.02 Å². The highest BCUT2D eigenvalue weighted by Crippen LogP contribution is 2.14. The SMILES string of the molecule is O=C(Nc1ccc(NCc2ccc(Cl)cc2)nc1)c1cccc(F)c1. The summed E-state index contributed by atoms with van der Waals surface area (Å²) >= 11 is 5.85. The smallest absolute Gasteiger partial charge is 0.255 e. The lowest BCUT2D eigenvalue weighted by molar-refractivity contribution is 0.102. The van der Waals surface area contributed by atoms with E-state index in [1.807, 2.05) is 24.3 Å². The fourth-order valence-corrected chi connectivity index (χ4v) is 2.33. The third kappa shape index (κ3) is 4.78. The van der Waals surface area contributed by atoms with Gasteiger partial charge in [-0.15, -0.1) is 0 Å². The third-order valence-corrected chi connectivity index (χ3v) is 3.75. The molecule has 0 radical (unpaired) electrons. The molecule has 0 unspecified atom stereocenters. The quantitative estimate of drug-likeness (QED) is 0.695. The normalized spacial score (nSPS) is 10.3. The standard InChI is InChI=1S/C19H15ClFN3O/c20-15-6-4-13(5-7-15)11-22-18-9-8-17(12-23-18)24-19(25)14-2-1-3-16(21)10-14/h1-10,12H,11H2,(H,22,23)(H,24,25). The molecule has 0 spiro atoms. The Hall–Kier alpha value is -2.92. The number of halogens is 2. The molecule has 0 bridgehead atoms. The Morgan fingerprint density at radius 2 is 1.88 bits per heavy atom. The molecule has 0 atom stereocenters. The van der Waals surface area contributed by atoms with Gasteiger partial charge in [0.15, 0.2) is 0 Å². The highest BCUT2D eigenvalue weighted by atomic mass is 35.5. The van der Waals surface area contributed by atoms with Crippen molar-refractivity contribution in [3.05, 3.63) is 88.8 Å². The van der Waals surface area contributed by atoms with Crippen LogP contribution in [-0.2, 0) is 6.54 Å². The van der Waals surface area contributed by atoms with Crippen molar-refractivity contribution in [3.8, 4) is 0 Å². The van der Waals surface area contributed by atoms with Crippen molar-refractivity contribution in [3.63, 3.8) is 0 Å². The zero-order valence-corrected chi connectivity index (χ0v) is 13.9. The first kappa shape index (κ1) is 16.9. The Morgan fingerprint density at radius 1 is 1.08 bits per heavy atom. The van der Waals surface area contributed by atoms with Crippen molar-refractivity contribution < 1.29 is 9.18 Å². The topological polar surface area (TPSA) is 54.0 Å². The van der Waals surface area contributed by atoms with E-state index in [0.29, 0.717) is 23.1 Å². The zero-order valence-electron chi connectivity index (χ0n) is 13.2. The summed E-state index contributed by atoms with van der Waals surface area (Å²) in [4.78, 5) is 16.3. The molecule has 2 aromatic carbocycles. The maximum atomic E-state index is 13.2. The number of benzene rings is 2. The number of anilines is 2. The molecule has 6 heteroatoms. The summed E-state index contributed by atoms with van der Waals surface area (Å²) in [5.41, 5.74) is 1.87. The molecule has 2 N–H and O–H groups in total. The number of nitrogens with zero attached hydrogens (tertiary/aromatic N) is 1. The van der Waals surface area contributed by atoms with Gasteiger partial charge in [-0.2, -0.15) is 0 Å². The average Bonchev–Trinajstić information content (AvgIpc) is 2.62. The summed E-state index contributed by atoms with van der Waals surface area (Å²) in [6.45, 7) is 0.610. The van der Waals surface area contributed by atoms with Crippen molar-refractivity contribution in [1.82, 2.24) is 4.98 Å². The molecule has 0 aliphatic carbocycles. The van der Waals surface area contributed by atoms with Crippen molar-refractivity contribution in [2.24, 2.45) is 0 Å². The number of nitrogens with one attached hydrogen (secondary N) is 2. The molecular formula is C19H15ClFN3O. The third-order valence-electron chi connectivity index (χ3n) is 3.50. The lowest BCUT2D eigenvalue weighted by atomic mass is 10.2. The summed E-state index contributed by atoms with van der Waals surface area (Å²) in [6.07, 6.45) is 1.54. The molecule has 25 heavy (non-hydrogen) atoms. The van der Waals surface area contributed by atoms with Gasteiger partial charge in [-0.1, -0.05) is 29.8 Å². The van der Waals surface area contributed by atoms with E-state index in [4.69, 9.17) is 11.6 Å². The number of hydrogen-bond donors (Lipinski definition) is 2. The minimum absolute atomic E-state index is 0.255. The van der Waals surface area contributed by atoms with Crippen LogP contribution in [0.4, 0.5) is 15.9 Å². The Labute approximate surface area is 149 Å². The molecule has 0 aliphatic heterocycles. The fraction of sp³-hybridized carbons (Fsp3) is 0.0526. The van der Waals surface area contributed by atoms with Gasteiger partial charge in [0.05, 0.1) is 11.9 Å². The summed E-state index contributed by atoms with van der Waals surface area (Å²) in [6, 6.07) is 16.5. The highest BCUT2D eigenvalue weighted by Gasteiger charge is 2.07. The van der Waals surface area contributed by atoms with E-state index in [1.165, 1.54) is 18.2 Å². The molecule has 126 valence electrons.